The maximum atomic E-state index is 12.2. The molecule has 2 amide bonds. The van der Waals surface area contributed by atoms with Gasteiger partial charge in [-0.1, -0.05) is 6.07 Å². The van der Waals surface area contributed by atoms with Gasteiger partial charge >= 0.3 is 6.03 Å². The van der Waals surface area contributed by atoms with Crippen molar-refractivity contribution < 1.29 is 4.79 Å². The Kier molecular flexibility index (Phi) is 5.01. The number of likely N-dealkylation sites (tertiary alicyclic amines) is 1. The van der Waals surface area contributed by atoms with Gasteiger partial charge in [0.1, 0.15) is 0 Å². The molecule has 0 spiro atoms. The van der Waals surface area contributed by atoms with E-state index in [1.54, 1.807) is 0 Å². The first kappa shape index (κ1) is 14.9. The van der Waals surface area contributed by atoms with Gasteiger partial charge in [0, 0.05) is 18.8 Å². The maximum Gasteiger partial charge on any atom is 0.321 e. The molecule has 0 saturated carbocycles. The number of rotatable bonds is 3. The van der Waals surface area contributed by atoms with Gasteiger partial charge in [-0.15, -0.1) is 0 Å². The lowest BCUT2D eigenvalue weighted by Crippen LogP contribution is -2.41. The number of carbonyl (C=O) groups excluding carboxylic acids is 1. The van der Waals surface area contributed by atoms with Gasteiger partial charge in [-0.3, -0.25) is 0 Å². The van der Waals surface area contributed by atoms with E-state index in [-0.39, 0.29) is 6.03 Å². The van der Waals surface area contributed by atoms with Gasteiger partial charge in [0.2, 0.25) is 0 Å². The number of benzene rings is 1. The molecular weight excluding hydrogens is 250 g/mol. The minimum absolute atomic E-state index is 0.0134. The first-order valence-corrected chi connectivity index (χ1v) is 7.43. The summed E-state index contributed by atoms with van der Waals surface area (Å²) in [5.41, 5.74) is 8.91. The number of hydrogen-bond donors (Lipinski definition) is 2. The normalized spacial score (nSPS) is 16.2. The lowest BCUT2D eigenvalue weighted by molar-refractivity contribution is 0.180. The molecule has 1 heterocycles. The van der Waals surface area contributed by atoms with Crippen LogP contribution in [0.4, 0.5) is 10.5 Å². The van der Waals surface area contributed by atoms with Crippen molar-refractivity contribution in [2.45, 2.75) is 33.1 Å². The second-order valence-corrected chi connectivity index (χ2v) is 5.74. The number of piperidine rings is 1. The molecule has 3 N–H and O–H groups in total. The fourth-order valence-electron chi connectivity index (χ4n) is 2.68. The topological polar surface area (TPSA) is 58.4 Å². The number of urea groups is 1. The summed E-state index contributed by atoms with van der Waals surface area (Å²) in [5.74, 6) is 0.686. The molecular formula is C16H25N3O. The molecule has 1 aromatic rings. The molecule has 1 fully saturated rings. The van der Waals surface area contributed by atoms with Crippen LogP contribution >= 0.6 is 0 Å². The fraction of sp³-hybridized carbons (Fsp3) is 0.562. The fourth-order valence-corrected chi connectivity index (χ4v) is 2.68. The van der Waals surface area contributed by atoms with Gasteiger partial charge in [-0.25, -0.2) is 4.79 Å². The number of hydrogen-bond acceptors (Lipinski definition) is 2. The molecule has 110 valence electrons. The molecule has 0 unspecified atom stereocenters. The summed E-state index contributed by atoms with van der Waals surface area (Å²) < 4.78 is 0. The summed E-state index contributed by atoms with van der Waals surface area (Å²) in [6.07, 6.45) is 3.21. The third-order valence-corrected chi connectivity index (χ3v) is 4.23. The Labute approximate surface area is 121 Å². The monoisotopic (exact) mass is 275 g/mol. The lowest BCUT2D eigenvalue weighted by Gasteiger charge is -2.31. The molecule has 4 heteroatoms. The van der Waals surface area contributed by atoms with Gasteiger partial charge in [-0.05, 0) is 68.8 Å². The summed E-state index contributed by atoms with van der Waals surface area (Å²) in [6, 6.07) is 6.04. The first-order chi connectivity index (χ1) is 9.60. The van der Waals surface area contributed by atoms with Gasteiger partial charge < -0.3 is 16.0 Å². The number of amides is 2. The van der Waals surface area contributed by atoms with Crippen LogP contribution < -0.4 is 11.1 Å². The molecule has 0 radical (unpaired) electrons. The van der Waals surface area contributed by atoms with Gasteiger partial charge in [0.15, 0.2) is 0 Å². The molecule has 1 saturated heterocycles. The van der Waals surface area contributed by atoms with Crippen LogP contribution in [0, 0.1) is 19.8 Å². The van der Waals surface area contributed by atoms with Gasteiger partial charge in [0.25, 0.3) is 0 Å². The molecule has 0 bridgehead atoms. The van der Waals surface area contributed by atoms with Crippen molar-refractivity contribution in [1.29, 1.82) is 0 Å². The number of carbonyl (C=O) groups is 1. The van der Waals surface area contributed by atoms with E-state index in [1.165, 1.54) is 11.1 Å². The molecule has 1 aromatic carbocycles. The number of nitrogens with two attached hydrogens (primary N) is 1. The summed E-state index contributed by atoms with van der Waals surface area (Å²) in [5, 5.41) is 2.99. The maximum absolute atomic E-state index is 12.2. The van der Waals surface area contributed by atoms with E-state index in [4.69, 9.17) is 5.73 Å². The SMILES string of the molecule is Cc1ccc(NC(=O)N2CCC(CCN)CC2)cc1C. The van der Waals surface area contributed by atoms with Gasteiger partial charge in [0.05, 0.1) is 0 Å². The largest absolute Gasteiger partial charge is 0.330 e. The summed E-state index contributed by atoms with van der Waals surface area (Å²) in [6.45, 7) is 6.55. The highest BCUT2D eigenvalue weighted by atomic mass is 16.2. The van der Waals surface area contributed by atoms with Crippen molar-refractivity contribution in [3.8, 4) is 0 Å². The highest BCUT2D eigenvalue weighted by Gasteiger charge is 2.22. The standard InChI is InChI=1S/C16H25N3O/c1-12-3-4-15(11-13(12)2)18-16(20)19-9-6-14(5-8-17)7-10-19/h3-4,11,14H,5-10,17H2,1-2H3,(H,18,20). The van der Waals surface area contributed by atoms with Crippen molar-refractivity contribution in [3.05, 3.63) is 29.3 Å². The molecule has 0 aromatic heterocycles. The molecule has 1 aliphatic rings. The van der Waals surface area contributed by atoms with Crippen LogP contribution in [0.25, 0.3) is 0 Å². The second-order valence-electron chi connectivity index (χ2n) is 5.74. The van der Waals surface area contributed by atoms with E-state index in [2.05, 4.69) is 19.2 Å². The summed E-state index contributed by atoms with van der Waals surface area (Å²) in [7, 11) is 0. The van der Waals surface area contributed by atoms with Crippen molar-refractivity contribution in [1.82, 2.24) is 4.90 Å². The second kappa shape index (κ2) is 6.75. The zero-order chi connectivity index (χ0) is 14.5. The van der Waals surface area contributed by atoms with Crippen molar-refractivity contribution in [2.24, 2.45) is 11.7 Å². The predicted octanol–water partition coefficient (Wildman–Crippen LogP) is 2.90. The quantitative estimate of drug-likeness (QED) is 0.891. The Bertz CT molecular complexity index is 465. The van der Waals surface area contributed by atoms with Crippen LogP contribution in [0.5, 0.6) is 0 Å². The average molecular weight is 275 g/mol. The van der Waals surface area contributed by atoms with Crippen molar-refractivity contribution >= 4 is 11.7 Å². The van der Waals surface area contributed by atoms with E-state index in [0.717, 1.165) is 44.6 Å². The minimum atomic E-state index is 0.0134. The molecule has 0 atom stereocenters. The molecule has 20 heavy (non-hydrogen) atoms. The number of anilines is 1. The van der Waals surface area contributed by atoms with E-state index in [9.17, 15) is 4.79 Å². The van der Waals surface area contributed by atoms with Crippen LogP contribution in [0.2, 0.25) is 0 Å². The summed E-state index contributed by atoms with van der Waals surface area (Å²) >= 11 is 0. The van der Waals surface area contributed by atoms with E-state index < -0.39 is 0 Å². The zero-order valence-electron chi connectivity index (χ0n) is 12.5. The summed E-state index contributed by atoms with van der Waals surface area (Å²) in [4.78, 5) is 14.1. The third-order valence-electron chi connectivity index (χ3n) is 4.23. The number of nitrogens with one attached hydrogen (secondary N) is 1. The number of nitrogens with zero attached hydrogens (tertiary/aromatic N) is 1. The van der Waals surface area contributed by atoms with Crippen LogP contribution in [-0.4, -0.2) is 30.6 Å². The van der Waals surface area contributed by atoms with E-state index in [1.807, 2.05) is 23.1 Å². The highest BCUT2D eigenvalue weighted by molar-refractivity contribution is 5.89. The highest BCUT2D eigenvalue weighted by Crippen LogP contribution is 2.21. The van der Waals surface area contributed by atoms with E-state index >= 15 is 0 Å². The Balaban J connectivity index is 1.88. The lowest BCUT2D eigenvalue weighted by atomic mass is 9.94. The molecule has 0 aliphatic carbocycles. The minimum Gasteiger partial charge on any atom is -0.330 e. The van der Waals surface area contributed by atoms with Gasteiger partial charge in [-0.2, -0.15) is 0 Å². The van der Waals surface area contributed by atoms with Crippen LogP contribution in [0.3, 0.4) is 0 Å². The Morgan fingerprint density at radius 2 is 2.00 bits per heavy atom. The molecule has 1 aliphatic heterocycles. The Hall–Kier alpha value is -1.55. The van der Waals surface area contributed by atoms with Crippen LogP contribution in [0.15, 0.2) is 18.2 Å². The zero-order valence-corrected chi connectivity index (χ0v) is 12.5. The Morgan fingerprint density at radius 3 is 2.60 bits per heavy atom. The predicted molar refractivity (Wildman–Crippen MR) is 82.9 cm³/mol. The van der Waals surface area contributed by atoms with E-state index in [0.29, 0.717) is 5.92 Å². The van der Waals surface area contributed by atoms with Crippen molar-refractivity contribution in [3.63, 3.8) is 0 Å². The Morgan fingerprint density at radius 1 is 1.30 bits per heavy atom. The van der Waals surface area contributed by atoms with Crippen molar-refractivity contribution in [2.75, 3.05) is 25.0 Å². The molecule has 4 nitrogen and oxygen atoms in total. The third kappa shape index (κ3) is 3.73. The average Bonchev–Trinajstić information content (AvgIpc) is 2.44. The van der Waals surface area contributed by atoms with Crippen LogP contribution in [-0.2, 0) is 0 Å². The van der Waals surface area contributed by atoms with Crippen LogP contribution in [0.1, 0.15) is 30.4 Å². The number of aryl methyl sites for hydroxylation is 2. The smallest absolute Gasteiger partial charge is 0.321 e. The molecule has 2 rings (SSSR count). The first-order valence-electron chi connectivity index (χ1n) is 7.43.